The van der Waals surface area contributed by atoms with E-state index in [9.17, 15) is 15.0 Å². The van der Waals surface area contributed by atoms with E-state index < -0.39 is 6.09 Å². The van der Waals surface area contributed by atoms with E-state index in [0.717, 1.165) is 41.2 Å². The summed E-state index contributed by atoms with van der Waals surface area (Å²) in [5.74, 6) is 0.0316. The summed E-state index contributed by atoms with van der Waals surface area (Å²) < 4.78 is 2.54. The summed E-state index contributed by atoms with van der Waals surface area (Å²) in [6.07, 6.45) is 1.45. The minimum absolute atomic E-state index is 0.327. The summed E-state index contributed by atoms with van der Waals surface area (Å²) in [7, 11) is 1.91. The predicted molar refractivity (Wildman–Crippen MR) is 117 cm³/mol. The number of nitrogens with zero attached hydrogens (tertiary/aromatic N) is 5. The van der Waals surface area contributed by atoms with Crippen LogP contribution < -0.4 is 4.84 Å². The highest BCUT2D eigenvalue weighted by molar-refractivity contribution is 6.33. The summed E-state index contributed by atoms with van der Waals surface area (Å²) in [6.45, 7) is 3.65. The van der Waals surface area contributed by atoms with Crippen LogP contribution >= 0.6 is 11.6 Å². The van der Waals surface area contributed by atoms with E-state index in [4.69, 9.17) is 16.4 Å². The number of benzene rings is 1. The number of aromatic nitrogens is 3. The molecule has 2 N–H and O–H groups in total. The molecular weight excluding hydrogens is 434 g/mol. The van der Waals surface area contributed by atoms with Gasteiger partial charge in [0, 0.05) is 69.2 Å². The van der Waals surface area contributed by atoms with Gasteiger partial charge >= 0.3 is 6.09 Å². The molecule has 0 spiro atoms. The molecule has 0 bridgehead atoms. The van der Waals surface area contributed by atoms with Crippen molar-refractivity contribution < 1.29 is 19.8 Å². The molecule has 2 fully saturated rings. The van der Waals surface area contributed by atoms with Crippen molar-refractivity contribution in [2.45, 2.75) is 6.54 Å². The van der Waals surface area contributed by atoms with Gasteiger partial charge in [0.25, 0.3) is 0 Å². The average Bonchev–Trinajstić information content (AvgIpc) is 3.49. The minimum Gasteiger partial charge on any atom is -0.492 e. The maximum Gasteiger partial charge on any atom is 0.434 e. The van der Waals surface area contributed by atoms with E-state index >= 15 is 0 Å². The van der Waals surface area contributed by atoms with E-state index in [2.05, 4.69) is 10.00 Å². The second-order valence-corrected chi connectivity index (χ2v) is 8.88. The zero-order chi connectivity index (χ0) is 22.4. The molecule has 4 heterocycles. The Morgan fingerprint density at radius 3 is 2.41 bits per heavy atom. The van der Waals surface area contributed by atoms with Crippen LogP contribution in [0.3, 0.4) is 0 Å². The van der Waals surface area contributed by atoms with Crippen LogP contribution in [-0.4, -0.2) is 66.8 Å². The lowest BCUT2D eigenvalue weighted by atomic mass is 10.0. The second kappa shape index (κ2) is 8.07. The fourth-order valence-electron chi connectivity index (χ4n) is 4.77. The number of likely N-dealkylation sites (tertiary alicyclic amines) is 2. The molecule has 1 amide bonds. The van der Waals surface area contributed by atoms with Gasteiger partial charge in [-0.1, -0.05) is 29.8 Å². The molecule has 2 aliphatic rings. The number of fused-ring (bicyclic) bond motifs is 1. The van der Waals surface area contributed by atoms with Gasteiger partial charge in [-0.3, -0.25) is 9.58 Å². The number of rotatable bonds is 4. The zero-order valence-corrected chi connectivity index (χ0v) is 18.3. The van der Waals surface area contributed by atoms with E-state index in [1.807, 2.05) is 42.2 Å². The lowest BCUT2D eigenvalue weighted by molar-refractivity contribution is 0.0774. The van der Waals surface area contributed by atoms with Crippen LogP contribution in [0.25, 0.3) is 11.3 Å². The summed E-state index contributed by atoms with van der Waals surface area (Å²) in [4.78, 5) is 21.6. The SMILES string of the molecule is Cn1cc(CN2CC3CN(C(=O)On4c(O)ccc4O)CC3C2)c(-c2ccccc2Cl)n1. The molecule has 2 unspecified atom stereocenters. The highest BCUT2D eigenvalue weighted by Gasteiger charge is 2.42. The summed E-state index contributed by atoms with van der Waals surface area (Å²) in [5.41, 5.74) is 2.94. The number of aromatic hydroxyl groups is 2. The zero-order valence-electron chi connectivity index (χ0n) is 17.6. The monoisotopic (exact) mass is 457 g/mol. The van der Waals surface area contributed by atoms with E-state index in [1.165, 1.54) is 12.1 Å². The van der Waals surface area contributed by atoms with Crippen molar-refractivity contribution >= 4 is 17.7 Å². The molecular formula is C22H24ClN5O4. The summed E-state index contributed by atoms with van der Waals surface area (Å²) >= 11 is 6.41. The van der Waals surface area contributed by atoms with Gasteiger partial charge in [-0.25, -0.2) is 4.79 Å². The van der Waals surface area contributed by atoms with Gasteiger partial charge in [-0.05, 0) is 17.9 Å². The van der Waals surface area contributed by atoms with E-state index in [1.54, 1.807) is 4.90 Å². The average molecular weight is 458 g/mol. The molecule has 3 aromatic rings. The van der Waals surface area contributed by atoms with E-state index in [0.29, 0.717) is 29.9 Å². The van der Waals surface area contributed by atoms with Gasteiger partial charge < -0.3 is 20.0 Å². The van der Waals surface area contributed by atoms with Crippen molar-refractivity contribution in [1.29, 1.82) is 0 Å². The Kier molecular flexibility index (Phi) is 5.22. The van der Waals surface area contributed by atoms with Crippen molar-refractivity contribution in [2.24, 2.45) is 18.9 Å². The first-order chi connectivity index (χ1) is 15.4. The molecule has 2 saturated heterocycles. The molecule has 10 heteroatoms. The Morgan fingerprint density at radius 2 is 1.75 bits per heavy atom. The highest BCUT2D eigenvalue weighted by Crippen LogP contribution is 2.34. The minimum atomic E-state index is -0.582. The first-order valence-electron chi connectivity index (χ1n) is 10.5. The third-order valence-electron chi connectivity index (χ3n) is 6.21. The Labute approximate surface area is 189 Å². The number of halogens is 1. The standard InChI is InChI=1S/C22H24ClN5O4/c1-25-8-16(21(24-25)17-4-2-3-5-18(17)23)11-26-9-14-12-27(13-15(14)10-26)22(31)32-28-19(29)6-7-20(28)30/h2-8,14-15,29-30H,9-13H2,1H3. The molecule has 5 rings (SSSR count). The van der Waals surface area contributed by atoms with Gasteiger partial charge in [-0.15, -0.1) is 4.73 Å². The highest BCUT2D eigenvalue weighted by atomic mass is 35.5. The van der Waals surface area contributed by atoms with Crippen molar-refractivity contribution in [1.82, 2.24) is 24.3 Å². The topological polar surface area (TPSA) is 96.0 Å². The maximum absolute atomic E-state index is 12.5. The number of carbonyl (C=O) groups is 1. The number of hydrogen-bond donors (Lipinski definition) is 2. The molecule has 2 aromatic heterocycles. The van der Waals surface area contributed by atoms with Gasteiger partial charge in [0.2, 0.25) is 11.8 Å². The van der Waals surface area contributed by atoms with Crippen LogP contribution in [0, 0.1) is 11.8 Å². The lowest BCUT2D eigenvalue weighted by Gasteiger charge is -2.21. The Hall–Kier alpha value is -3.17. The fraction of sp³-hybridized carbons (Fsp3) is 0.364. The molecule has 9 nitrogen and oxygen atoms in total. The van der Waals surface area contributed by atoms with Crippen molar-refractivity contribution in [2.75, 3.05) is 26.2 Å². The fourth-order valence-corrected chi connectivity index (χ4v) is 5.00. The first-order valence-corrected chi connectivity index (χ1v) is 10.8. The van der Waals surface area contributed by atoms with Crippen molar-refractivity contribution in [3.05, 3.63) is 53.2 Å². The predicted octanol–water partition coefficient (Wildman–Crippen LogP) is 2.57. The number of hydrogen-bond acceptors (Lipinski definition) is 6. The Morgan fingerprint density at radius 1 is 1.09 bits per heavy atom. The Balaban J connectivity index is 1.22. The largest absolute Gasteiger partial charge is 0.492 e. The van der Waals surface area contributed by atoms with Crippen LogP contribution in [0.4, 0.5) is 4.79 Å². The van der Waals surface area contributed by atoms with E-state index in [-0.39, 0.29) is 11.8 Å². The Bertz CT molecular complexity index is 1130. The molecule has 2 aliphatic heterocycles. The third-order valence-corrected chi connectivity index (χ3v) is 6.54. The number of amides is 1. The van der Waals surface area contributed by atoms with Crippen LogP contribution in [0.15, 0.2) is 42.6 Å². The van der Waals surface area contributed by atoms with Crippen molar-refractivity contribution in [3.63, 3.8) is 0 Å². The molecule has 2 atom stereocenters. The molecule has 0 radical (unpaired) electrons. The number of carbonyl (C=O) groups excluding carboxylic acids is 1. The normalized spacial score (nSPS) is 20.6. The summed E-state index contributed by atoms with van der Waals surface area (Å²) in [5, 5.41) is 24.7. The molecule has 0 saturated carbocycles. The van der Waals surface area contributed by atoms with Gasteiger partial charge in [0.05, 0.1) is 10.7 Å². The number of aryl methyl sites for hydroxylation is 1. The molecule has 0 aliphatic carbocycles. The smallest absolute Gasteiger partial charge is 0.434 e. The quantitative estimate of drug-likeness (QED) is 0.625. The molecule has 1 aromatic carbocycles. The summed E-state index contributed by atoms with van der Waals surface area (Å²) in [6, 6.07) is 10.2. The lowest BCUT2D eigenvalue weighted by Crippen LogP contribution is -2.37. The van der Waals surface area contributed by atoms with Gasteiger partial charge in [0.15, 0.2) is 0 Å². The molecule has 32 heavy (non-hydrogen) atoms. The van der Waals surface area contributed by atoms with Crippen LogP contribution in [-0.2, 0) is 13.6 Å². The van der Waals surface area contributed by atoms with Crippen LogP contribution in [0.2, 0.25) is 5.02 Å². The maximum atomic E-state index is 12.5. The third kappa shape index (κ3) is 3.78. The first kappa shape index (κ1) is 20.7. The van der Waals surface area contributed by atoms with Crippen molar-refractivity contribution in [3.8, 4) is 23.0 Å². The van der Waals surface area contributed by atoms with Crippen LogP contribution in [0.5, 0.6) is 11.8 Å². The van der Waals surface area contributed by atoms with Gasteiger partial charge in [0.1, 0.15) is 0 Å². The molecule has 168 valence electrons. The van der Waals surface area contributed by atoms with Crippen LogP contribution in [0.1, 0.15) is 5.56 Å². The second-order valence-electron chi connectivity index (χ2n) is 8.48. The van der Waals surface area contributed by atoms with Gasteiger partial charge in [-0.2, -0.15) is 5.10 Å².